The van der Waals surface area contributed by atoms with Crippen LogP contribution in [0.15, 0.2) is 72.8 Å². The Kier molecular flexibility index (Phi) is 7.75. The first-order chi connectivity index (χ1) is 15.5. The van der Waals surface area contributed by atoms with Crippen LogP contribution in [-0.4, -0.2) is 32.1 Å². The van der Waals surface area contributed by atoms with E-state index in [-0.39, 0.29) is 16.9 Å². The number of alkyl halides is 2. The molecule has 0 heterocycles. The van der Waals surface area contributed by atoms with Gasteiger partial charge in [0.05, 0.1) is 12.7 Å². The van der Waals surface area contributed by atoms with Gasteiger partial charge in [0.1, 0.15) is 12.4 Å². The van der Waals surface area contributed by atoms with Crippen LogP contribution in [0.25, 0.3) is 0 Å². The number of rotatable bonds is 10. The fraction of sp³-hybridized carbons (Fsp3) is 0.167. The largest absolute Gasteiger partial charge is 0.493 e. The molecule has 3 rings (SSSR count). The van der Waals surface area contributed by atoms with Crippen molar-refractivity contribution in [2.24, 2.45) is 0 Å². The molecule has 0 aliphatic carbocycles. The quantitative estimate of drug-likeness (QED) is 0.328. The van der Waals surface area contributed by atoms with E-state index in [0.717, 1.165) is 5.56 Å². The normalized spacial score (nSPS) is 10.5. The van der Waals surface area contributed by atoms with Gasteiger partial charge < -0.3 is 18.9 Å². The molecule has 0 radical (unpaired) electrons. The third kappa shape index (κ3) is 6.28. The molecule has 8 heteroatoms. The van der Waals surface area contributed by atoms with Gasteiger partial charge in [-0.3, -0.25) is 4.79 Å². The van der Waals surface area contributed by atoms with Gasteiger partial charge in [-0.05, 0) is 48.0 Å². The highest BCUT2D eigenvalue weighted by Crippen LogP contribution is 2.29. The van der Waals surface area contributed by atoms with Gasteiger partial charge in [-0.25, -0.2) is 4.79 Å². The summed E-state index contributed by atoms with van der Waals surface area (Å²) in [6, 6.07) is 19.2. The predicted molar refractivity (Wildman–Crippen MR) is 111 cm³/mol. The van der Waals surface area contributed by atoms with Gasteiger partial charge in [0.25, 0.3) is 0 Å². The minimum Gasteiger partial charge on any atom is -0.493 e. The van der Waals surface area contributed by atoms with E-state index in [1.807, 2.05) is 30.3 Å². The number of carbonyl (C=O) groups excluding carboxylic acids is 2. The van der Waals surface area contributed by atoms with Crippen LogP contribution in [0.3, 0.4) is 0 Å². The number of carbonyl (C=O) groups is 2. The van der Waals surface area contributed by atoms with Crippen LogP contribution >= 0.6 is 0 Å². The number of ketones is 1. The summed E-state index contributed by atoms with van der Waals surface area (Å²) in [4.78, 5) is 24.5. The van der Waals surface area contributed by atoms with Crippen molar-refractivity contribution in [3.63, 3.8) is 0 Å². The highest BCUT2D eigenvalue weighted by molar-refractivity contribution is 5.99. The van der Waals surface area contributed by atoms with E-state index in [9.17, 15) is 18.4 Å². The standard InChI is InChI=1S/C24H20F2O6/c1-29-22-13-18(9-12-21(22)30-14-16-5-3-2-4-6-16)23(28)31-15-20(27)17-7-10-19(11-8-17)32-24(25)26/h2-13,24H,14-15H2,1H3. The lowest BCUT2D eigenvalue weighted by molar-refractivity contribution is -0.0498. The molecule has 32 heavy (non-hydrogen) atoms. The number of hydrogen-bond acceptors (Lipinski definition) is 6. The third-order valence-corrected chi connectivity index (χ3v) is 4.37. The van der Waals surface area contributed by atoms with E-state index >= 15 is 0 Å². The zero-order valence-corrected chi connectivity index (χ0v) is 17.1. The van der Waals surface area contributed by atoms with E-state index in [0.29, 0.717) is 18.1 Å². The maximum Gasteiger partial charge on any atom is 0.387 e. The highest BCUT2D eigenvalue weighted by Gasteiger charge is 2.15. The fourth-order valence-corrected chi connectivity index (χ4v) is 2.77. The number of hydrogen-bond donors (Lipinski definition) is 0. The maximum absolute atomic E-state index is 12.3. The zero-order valence-electron chi connectivity index (χ0n) is 17.1. The smallest absolute Gasteiger partial charge is 0.387 e. The Bertz CT molecular complexity index is 1050. The van der Waals surface area contributed by atoms with Crippen molar-refractivity contribution in [2.45, 2.75) is 13.2 Å². The molecule has 0 aliphatic heterocycles. The number of Topliss-reactive ketones (excluding diaryl/α,β-unsaturated/α-hetero) is 1. The van der Waals surface area contributed by atoms with E-state index < -0.39 is 25.0 Å². The molecule has 3 aromatic carbocycles. The first-order valence-corrected chi connectivity index (χ1v) is 9.56. The average molecular weight is 442 g/mol. The number of benzene rings is 3. The molecule has 0 spiro atoms. The Labute approximate surface area is 183 Å². The van der Waals surface area contributed by atoms with E-state index in [4.69, 9.17) is 14.2 Å². The molecule has 0 bridgehead atoms. The Hall–Kier alpha value is -3.94. The van der Waals surface area contributed by atoms with Gasteiger partial charge in [0.2, 0.25) is 0 Å². The number of ether oxygens (including phenoxy) is 4. The molecule has 0 N–H and O–H groups in total. The maximum atomic E-state index is 12.3. The first kappa shape index (κ1) is 22.7. The van der Waals surface area contributed by atoms with Gasteiger partial charge in [-0.1, -0.05) is 30.3 Å². The summed E-state index contributed by atoms with van der Waals surface area (Å²) in [5.74, 6) is -0.484. The summed E-state index contributed by atoms with van der Waals surface area (Å²) < 4.78 is 44.7. The van der Waals surface area contributed by atoms with E-state index in [1.54, 1.807) is 6.07 Å². The van der Waals surface area contributed by atoms with Crippen molar-refractivity contribution in [1.29, 1.82) is 0 Å². The zero-order chi connectivity index (χ0) is 22.9. The predicted octanol–water partition coefficient (Wildman–Crippen LogP) is 4.92. The minimum absolute atomic E-state index is 0.0739. The van der Waals surface area contributed by atoms with E-state index in [1.165, 1.54) is 43.5 Å². The topological polar surface area (TPSA) is 71.1 Å². The second-order valence-corrected chi connectivity index (χ2v) is 6.54. The SMILES string of the molecule is COc1cc(C(=O)OCC(=O)c2ccc(OC(F)F)cc2)ccc1OCc1ccccc1. The molecule has 0 amide bonds. The first-order valence-electron chi connectivity index (χ1n) is 9.56. The molecule has 0 saturated carbocycles. The van der Waals surface area contributed by atoms with Crippen molar-refractivity contribution in [1.82, 2.24) is 0 Å². The van der Waals surface area contributed by atoms with Gasteiger partial charge in [0, 0.05) is 5.56 Å². The summed E-state index contributed by atoms with van der Waals surface area (Å²) in [5, 5.41) is 0. The Morgan fingerprint density at radius 2 is 1.56 bits per heavy atom. The van der Waals surface area contributed by atoms with Gasteiger partial charge in [0.15, 0.2) is 23.9 Å². The molecule has 0 atom stereocenters. The second-order valence-electron chi connectivity index (χ2n) is 6.54. The van der Waals surface area contributed by atoms with Crippen LogP contribution < -0.4 is 14.2 Å². The summed E-state index contributed by atoms with van der Waals surface area (Å²) in [5.41, 5.74) is 1.36. The van der Waals surface area contributed by atoms with Gasteiger partial charge >= 0.3 is 12.6 Å². The van der Waals surface area contributed by atoms with Crippen molar-refractivity contribution >= 4 is 11.8 Å². The lowest BCUT2D eigenvalue weighted by Gasteiger charge is -2.12. The molecular formula is C24H20F2O6. The highest BCUT2D eigenvalue weighted by atomic mass is 19.3. The van der Waals surface area contributed by atoms with Crippen molar-refractivity contribution in [3.8, 4) is 17.2 Å². The summed E-state index contributed by atoms with van der Waals surface area (Å²) in [7, 11) is 1.45. The van der Waals surface area contributed by atoms with Crippen LogP contribution in [0.4, 0.5) is 8.78 Å². The molecule has 6 nitrogen and oxygen atoms in total. The molecule has 0 saturated heterocycles. The summed E-state index contributed by atoms with van der Waals surface area (Å²) in [6.07, 6.45) is 0. The molecule has 0 aliphatic rings. The fourth-order valence-electron chi connectivity index (χ4n) is 2.77. The molecule has 0 aromatic heterocycles. The summed E-state index contributed by atoms with van der Waals surface area (Å²) >= 11 is 0. The van der Waals surface area contributed by atoms with Crippen molar-refractivity contribution in [2.75, 3.05) is 13.7 Å². The molecule has 3 aromatic rings. The van der Waals surface area contributed by atoms with Gasteiger partial charge in [-0.2, -0.15) is 8.78 Å². The molecule has 0 fully saturated rings. The number of esters is 1. The number of methoxy groups -OCH3 is 1. The molecular weight excluding hydrogens is 422 g/mol. The molecule has 166 valence electrons. The third-order valence-electron chi connectivity index (χ3n) is 4.37. The molecule has 0 unspecified atom stereocenters. The Morgan fingerprint density at radius 3 is 2.22 bits per heavy atom. The van der Waals surface area contributed by atoms with Crippen LogP contribution in [0.5, 0.6) is 17.2 Å². The summed E-state index contributed by atoms with van der Waals surface area (Å²) in [6.45, 7) is -3.14. The van der Waals surface area contributed by atoms with Crippen LogP contribution in [0, 0.1) is 0 Å². The van der Waals surface area contributed by atoms with Crippen LogP contribution in [-0.2, 0) is 11.3 Å². The second kappa shape index (κ2) is 10.9. The van der Waals surface area contributed by atoms with E-state index in [2.05, 4.69) is 4.74 Å². The Balaban J connectivity index is 1.57. The monoisotopic (exact) mass is 442 g/mol. The lowest BCUT2D eigenvalue weighted by atomic mass is 10.1. The average Bonchev–Trinajstić information content (AvgIpc) is 2.81. The van der Waals surface area contributed by atoms with Crippen LogP contribution in [0.1, 0.15) is 26.3 Å². The minimum atomic E-state index is -2.95. The van der Waals surface area contributed by atoms with Gasteiger partial charge in [-0.15, -0.1) is 0 Å². The van der Waals surface area contributed by atoms with Crippen molar-refractivity contribution < 1.29 is 37.3 Å². The van der Waals surface area contributed by atoms with Crippen molar-refractivity contribution in [3.05, 3.63) is 89.5 Å². The number of halogens is 2. The lowest BCUT2D eigenvalue weighted by Crippen LogP contribution is -2.14. The van der Waals surface area contributed by atoms with Crippen LogP contribution in [0.2, 0.25) is 0 Å². The Morgan fingerprint density at radius 1 is 0.875 bits per heavy atom.